The number of carbonyl (C=O) groups excluding carboxylic acids is 1. The van der Waals surface area contributed by atoms with Gasteiger partial charge in [-0.25, -0.2) is 14.2 Å². The van der Waals surface area contributed by atoms with Crippen LogP contribution >= 0.6 is 22.9 Å². The molecule has 1 atom stereocenters. The SMILES string of the molecule is CCOC(=O)C1=C(C)N=c2s/c(=C\c3ccc(Cl)cc3)c(=O)n2[C@@H]1c1ccc(F)cc1. The zero-order valence-corrected chi connectivity index (χ0v) is 18.3. The molecule has 2 aromatic carbocycles. The van der Waals surface area contributed by atoms with Gasteiger partial charge in [-0.2, -0.15) is 0 Å². The van der Waals surface area contributed by atoms with Gasteiger partial charge >= 0.3 is 5.97 Å². The van der Waals surface area contributed by atoms with Crippen LogP contribution in [0.4, 0.5) is 4.39 Å². The minimum absolute atomic E-state index is 0.187. The van der Waals surface area contributed by atoms with Crippen molar-refractivity contribution in [3.05, 3.63) is 101 Å². The number of rotatable bonds is 4. The fourth-order valence-corrected chi connectivity index (χ4v) is 4.63. The Morgan fingerprint density at radius 1 is 1.23 bits per heavy atom. The van der Waals surface area contributed by atoms with Crippen LogP contribution in [-0.4, -0.2) is 17.1 Å². The lowest BCUT2D eigenvalue weighted by Crippen LogP contribution is -2.39. The van der Waals surface area contributed by atoms with E-state index in [-0.39, 0.29) is 17.7 Å². The summed E-state index contributed by atoms with van der Waals surface area (Å²) in [5, 5.41) is 0.602. The predicted octanol–water partition coefficient (Wildman–Crippen LogP) is 3.59. The molecule has 0 N–H and O–H groups in total. The largest absolute Gasteiger partial charge is 0.463 e. The molecule has 0 saturated heterocycles. The number of ether oxygens (including phenoxy) is 1. The third-order valence-corrected chi connectivity index (χ3v) is 6.11. The number of hydrogen-bond acceptors (Lipinski definition) is 5. The number of allylic oxidation sites excluding steroid dienone is 1. The lowest BCUT2D eigenvalue weighted by Gasteiger charge is -2.24. The standard InChI is InChI=1S/C23H18ClFN2O3S/c1-3-30-22(29)19-13(2)26-23-27(20(19)15-6-10-17(25)11-7-15)21(28)18(31-23)12-14-4-8-16(24)9-5-14/h4-12,20H,3H2,1-2H3/b18-12-/t20-/m1/s1. The molecule has 0 radical (unpaired) electrons. The van der Waals surface area contributed by atoms with Crippen LogP contribution in [0.3, 0.4) is 0 Å². The molecule has 4 rings (SSSR count). The molecule has 0 amide bonds. The minimum Gasteiger partial charge on any atom is -0.463 e. The molecule has 0 saturated carbocycles. The Morgan fingerprint density at radius 2 is 1.90 bits per heavy atom. The van der Waals surface area contributed by atoms with E-state index in [1.807, 2.05) is 12.1 Å². The second kappa shape index (κ2) is 8.61. The van der Waals surface area contributed by atoms with Crippen LogP contribution in [0.25, 0.3) is 6.08 Å². The van der Waals surface area contributed by atoms with Crippen molar-refractivity contribution >= 4 is 35.0 Å². The topological polar surface area (TPSA) is 60.7 Å². The first-order valence-electron chi connectivity index (χ1n) is 9.59. The Balaban J connectivity index is 1.94. The molecule has 0 spiro atoms. The van der Waals surface area contributed by atoms with E-state index in [4.69, 9.17) is 16.3 Å². The number of nitrogens with zero attached hydrogens (tertiary/aromatic N) is 2. The van der Waals surface area contributed by atoms with Gasteiger partial charge in [0.25, 0.3) is 5.56 Å². The maximum atomic E-state index is 13.6. The highest BCUT2D eigenvalue weighted by molar-refractivity contribution is 7.07. The van der Waals surface area contributed by atoms with E-state index in [1.54, 1.807) is 44.2 Å². The van der Waals surface area contributed by atoms with Crippen molar-refractivity contribution in [2.75, 3.05) is 6.61 Å². The summed E-state index contributed by atoms with van der Waals surface area (Å²) in [6.07, 6.45) is 1.76. The van der Waals surface area contributed by atoms with Crippen LogP contribution in [0, 0.1) is 5.82 Å². The van der Waals surface area contributed by atoms with Gasteiger partial charge in [-0.3, -0.25) is 9.36 Å². The van der Waals surface area contributed by atoms with Crippen molar-refractivity contribution in [1.29, 1.82) is 0 Å². The first kappa shape index (κ1) is 21.2. The molecule has 1 aliphatic rings. The van der Waals surface area contributed by atoms with Crippen LogP contribution in [-0.2, 0) is 9.53 Å². The van der Waals surface area contributed by atoms with Crippen molar-refractivity contribution < 1.29 is 13.9 Å². The Labute approximate surface area is 186 Å². The second-order valence-corrected chi connectivity index (χ2v) is 8.35. The number of thiazole rings is 1. The fraction of sp³-hybridized carbons (Fsp3) is 0.174. The van der Waals surface area contributed by atoms with Crippen LogP contribution in [0.1, 0.15) is 31.0 Å². The van der Waals surface area contributed by atoms with Gasteiger partial charge in [0.05, 0.1) is 28.5 Å². The highest BCUT2D eigenvalue weighted by Gasteiger charge is 2.33. The molecule has 0 aliphatic carbocycles. The summed E-state index contributed by atoms with van der Waals surface area (Å²) in [5.74, 6) is -0.956. The summed E-state index contributed by atoms with van der Waals surface area (Å²) in [7, 11) is 0. The molecule has 2 heterocycles. The van der Waals surface area contributed by atoms with E-state index < -0.39 is 17.8 Å². The van der Waals surface area contributed by atoms with E-state index in [1.165, 1.54) is 28.0 Å². The maximum Gasteiger partial charge on any atom is 0.338 e. The zero-order chi connectivity index (χ0) is 22.1. The molecule has 0 bridgehead atoms. The molecule has 0 fully saturated rings. The Kier molecular flexibility index (Phi) is 5.89. The van der Waals surface area contributed by atoms with E-state index in [0.29, 0.717) is 25.6 Å². The van der Waals surface area contributed by atoms with Gasteiger partial charge < -0.3 is 4.74 Å². The molecular formula is C23H18ClFN2O3S. The lowest BCUT2D eigenvalue weighted by atomic mass is 9.96. The molecular weight excluding hydrogens is 439 g/mol. The van der Waals surface area contributed by atoms with Crippen molar-refractivity contribution in [2.45, 2.75) is 19.9 Å². The number of halogens is 2. The number of fused-ring (bicyclic) bond motifs is 1. The number of aromatic nitrogens is 1. The molecule has 1 aliphatic heterocycles. The second-order valence-electron chi connectivity index (χ2n) is 6.91. The molecule has 1 aromatic heterocycles. The third kappa shape index (κ3) is 4.11. The molecule has 31 heavy (non-hydrogen) atoms. The zero-order valence-electron chi connectivity index (χ0n) is 16.8. The number of esters is 1. The molecule has 5 nitrogen and oxygen atoms in total. The summed E-state index contributed by atoms with van der Waals surface area (Å²) >= 11 is 7.17. The normalized spacial score (nSPS) is 16.1. The fourth-order valence-electron chi connectivity index (χ4n) is 3.46. The minimum atomic E-state index is -0.761. The molecule has 8 heteroatoms. The van der Waals surface area contributed by atoms with Gasteiger partial charge in [-0.15, -0.1) is 0 Å². The maximum absolute atomic E-state index is 13.6. The highest BCUT2D eigenvalue weighted by atomic mass is 35.5. The van der Waals surface area contributed by atoms with E-state index >= 15 is 0 Å². The molecule has 158 valence electrons. The van der Waals surface area contributed by atoms with Crippen molar-refractivity contribution in [1.82, 2.24) is 4.57 Å². The van der Waals surface area contributed by atoms with Crippen molar-refractivity contribution in [3.63, 3.8) is 0 Å². The van der Waals surface area contributed by atoms with Gasteiger partial charge in [0.1, 0.15) is 5.82 Å². The summed E-state index contributed by atoms with van der Waals surface area (Å²) in [4.78, 5) is 31.1. The summed E-state index contributed by atoms with van der Waals surface area (Å²) in [6.45, 7) is 3.60. The molecule has 3 aromatic rings. The van der Waals surface area contributed by atoms with Crippen LogP contribution < -0.4 is 14.9 Å². The van der Waals surface area contributed by atoms with Gasteiger partial charge in [0.2, 0.25) is 0 Å². The predicted molar refractivity (Wildman–Crippen MR) is 118 cm³/mol. The molecule has 0 unspecified atom stereocenters. The number of carbonyl (C=O) groups is 1. The Hall–Kier alpha value is -3.03. The quantitative estimate of drug-likeness (QED) is 0.564. The first-order valence-corrected chi connectivity index (χ1v) is 10.8. The van der Waals surface area contributed by atoms with Gasteiger partial charge in [0, 0.05) is 5.02 Å². The van der Waals surface area contributed by atoms with Crippen molar-refractivity contribution in [3.8, 4) is 0 Å². The van der Waals surface area contributed by atoms with Crippen LogP contribution in [0.15, 0.2) is 69.6 Å². The number of benzene rings is 2. The summed E-state index contributed by atoms with van der Waals surface area (Å²) in [6, 6.07) is 12.1. The number of hydrogen-bond donors (Lipinski definition) is 0. The van der Waals surface area contributed by atoms with Gasteiger partial charge in [0.15, 0.2) is 4.80 Å². The average Bonchev–Trinajstić information content (AvgIpc) is 3.04. The Bertz CT molecular complexity index is 1360. The first-order chi connectivity index (χ1) is 14.9. The lowest BCUT2D eigenvalue weighted by molar-refractivity contribution is -0.139. The monoisotopic (exact) mass is 456 g/mol. The van der Waals surface area contributed by atoms with Crippen LogP contribution in [0.5, 0.6) is 0 Å². The Morgan fingerprint density at radius 3 is 2.55 bits per heavy atom. The van der Waals surface area contributed by atoms with E-state index in [2.05, 4.69) is 4.99 Å². The van der Waals surface area contributed by atoms with Crippen molar-refractivity contribution in [2.24, 2.45) is 4.99 Å². The smallest absolute Gasteiger partial charge is 0.338 e. The van der Waals surface area contributed by atoms with Crippen LogP contribution in [0.2, 0.25) is 5.02 Å². The van der Waals surface area contributed by atoms with Gasteiger partial charge in [-0.1, -0.05) is 47.2 Å². The van der Waals surface area contributed by atoms with Gasteiger partial charge in [-0.05, 0) is 55.3 Å². The summed E-state index contributed by atoms with van der Waals surface area (Å²) < 4.78 is 20.7. The summed E-state index contributed by atoms with van der Waals surface area (Å²) in [5.41, 5.74) is 1.85. The highest BCUT2D eigenvalue weighted by Crippen LogP contribution is 2.30. The average molecular weight is 457 g/mol. The van der Waals surface area contributed by atoms with E-state index in [0.717, 1.165) is 5.56 Å². The van der Waals surface area contributed by atoms with E-state index in [9.17, 15) is 14.0 Å². The third-order valence-electron chi connectivity index (χ3n) is 4.87.